The van der Waals surface area contributed by atoms with Gasteiger partial charge >= 0.3 is 5.97 Å². The van der Waals surface area contributed by atoms with Crippen LogP contribution in [0.15, 0.2) is 36.4 Å². The van der Waals surface area contributed by atoms with Gasteiger partial charge in [-0.2, -0.15) is 4.98 Å². The van der Waals surface area contributed by atoms with Gasteiger partial charge in [0.1, 0.15) is 5.82 Å². The minimum absolute atomic E-state index is 0.159. The Morgan fingerprint density at radius 1 is 1.18 bits per heavy atom. The van der Waals surface area contributed by atoms with E-state index in [4.69, 9.17) is 28.9 Å². The summed E-state index contributed by atoms with van der Waals surface area (Å²) in [5, 5.41) is 11.2. The highest BCUT2D eigenvalue weighted by molar-refractivity contribution is 6.42. The topological polar surface area (TPSA) is 92.3 Å². The van der Waals surface area contributed by atoms with E-state index in [-0.39, 0.29) is 5.95 Å². The SMILES string of the molecule is Nc1nc(N2CCCC(C(=O)O)C2)c2c(-c3ccc(Cl)c(Cl)c3)cccc2n1. The molecule has 1 saturated heterocycles. The average molecular weight is 417 g/mol. The lowest BCUT2D eigenvalue weighted by molar-refractivity contribution is -0.141. The van der Waals surface area contributed by atoms with E-state index in [1.807, 2.05) is 29.2 Å². The van der Waals surface area contributed by atoms with Gasteiger partial charge in [0, 0.05) is 13.1 Å². The molecule has 0 bridgehead atoms. The van der Waals surface area contributed by atoms with E-state index >= 15 is 0 Å². The number of nitrogens with zero attached hydrogens (tertiary/aromatic N) is 3. The summed E-state index contributed by atoms with van der Waals surface area (Å²) in [7, 11) is 0. The number of carboxylic acid groups (broad SMARTS) is 1. The number of carbonyl (C=O) groups is 1. The van der Waals surface area contributed by atoms with E-state index in [0.29, 0.717) is 40.9 Å². The monoisotopic (exact) mass is 416 g/mol. The third-order valence-corrected chi connectivity index (χ3v) is 5.76. The molecule has 28 heavy (non-hydrogen) atoms. The number of nitrogen functional groups attached to an aromatic ring is 1. The molecule has 0 radical (unpaired) electrons. The van der Waals surface area contributed by atoms with Gasteiger partial charge in [-0.25, -0.2) is 4.98 Å². The maximum absolute atomic E-state index is 11.5. The van der Waals surface area contributed by atoms with Crippen LogP contribution >= 0.6 is 23.2 Å². The standard InChI is InChI=1S/C20H18Cl2N4O2/c21-14-7-6-11(9-15(14)22)13-4-1-5-16-17(13)18(25-20(23)24-16)26-8-2-3-12(10-26)19(27)28/h1,4-7,9,12H,2-3,8,10H2,(H,27,28)(H2,23,24,25). The van der Waals surface area contributed by atoms with Crippen molar-refractivity contribution < 1.29 is 9.90 Å². The van der Waals surface area contributed by atoms with Gasteiger partial charge in [-0.15, -0.1) is 0 Å². The van der Waals surface area contributed by atoms with Crippen molar-refractivity contribution in [2.75, 3.05) is 23.7 Å². The van der Waals surface area contributed by atoms with Crippen LogP contribution in [0, 0.1) is 5.92 Å². The van der Waals surface area contributed by atoms with Crippen LogP contribution in [0.3, 0.4) is 0 Å². The Morgan fingerprint density at radius 3 is 2.75 bits per heavy atom. The van der Waals surface area contributed by atoms with Crippen LogP contribution in [-0.4, -0.2) is 34.1 Å². The number of benzene rings is 2. The third-order valence-electron chi connectivity index (χ3n) is 5.02. The summed E-state index contributed by atoms with van der Waals surface area (Å²) in [6, 6.07) is 11.2. The van der Waals surface area contributed by atoms with E-state index < -0.39 is 11.9 Å². The highest BCUT2D eigenvalue weighted by Crippen LogP contribution is 2.37. The molecule has 3 N–H and O–H groups in total. The zero-order valence-corrected chi connectivity index (χ0v) is 16.4. The molecule has 1 fully saturated rings. The molecule has 1 unspecified atom stereocenters. The van der Waals surface area contributed by atoms with Crippen LogP contribution in [0.1, 0.15) is 12.8 Å². The first-order valence-electron chi connectivity index (χ1n) is 8.93. The first-order valence-corrected chi connectivity index (χ1v) is 9.69. The van der Waals surface area contributed by atoms with Gasteiger partial charge in [0.2, 0.25) is 5.95 Å². The van der Waals surface area contributed by atoms with Crippen LogP contribution in [-0.2, 0) is 4.79 Å². The Labute approximate surface area is 171 Å². The number of aliphatic carboxylic acids is 1. The van der Waals surface area contributed by atoms with Gasteiger partial charge < -0.3 is 15.7 Å². The van der Waals surface area contributed by atoms with Gasteiger partial charge in [-0.1, -0.05) is 41.4 Å². The molecule has 1 aromatic heterocycles. The minimum atomic E-state index is -0.791. The van der Waals surface area contributed by atoms with Crippen molar-refractivity contribution in [3.05, 3.63) is 46.4 Å². The lowest BCUT2D eigenvalue weighted by atomic mass is 9.96. The second kappa shape index (κ2) is 7.45. The van der Waals surface area contributed by atoms with Crippen molar-refractivity contribution in [3.63, 3.8) is 0 Å². The van der Waals surface area contributed by atoms with E-state index in [0.717, 1.165) is 22.9 Å². The number of piperidine rings is 1. The summed E-state index contributed by atoms with van der Waals surface area (Å²) < 4.78 is 0. The van der Waals surface area contributed by atoms with E-state index in [9.17, 15) is 9.90 Å². The molecule has 0 spiro atoms. The molecule has 1 aliphatic heterocycles. The molecular weight excluding hydrogens is 399 g/mol. The Balaban J connectivity index is 1.91. The number of aromatic nitrogens is 2. The van der Waals surface area contributed by atoms with Crippen LogP contribution in [0.5, 0.6) is 0 Å². The normalized spacial score (nSPS) is 17.1. The summed E-state index contributed by atoms with van der Waals surface area (Å²) in [5.74, 6) is -0.417. The quantitative estimate of drug-likeness (QED) is 0.653. The van der Waals surface area contributed by atoms with Crippen molar-refractivity contribution >= 4 is 51.8 Å². The second-order valence-corrected chi connectivity index (χ2v) is 7.67. The lowest BCUT2D eigenvalue weighted by Crippen LogP contribution is -2.39. The number of hydrogen-bond acceptors (Lipinski definition) is 5. The molecule has 4 rings (SSSR count). The van der Waals surface area contributed by atoms with Crippen molar-refractivity contribution in [2.24, 2.45) is 5.92 Å². The van der Waals surface area contributed by atoms with Crippen LogP contribution in [0.25, 0.3) is 22.0 Å². The molecule has 2 heterocycles. The predicted octanol–water partition coefficient (Wildman–Crippen LogP) is 4.49. The summed E-state index contributed by atoms with van der Waals surface area (Å²) in [6.07, 6.45) is 1.43. The van der Waals surface area contributed by atoms with Gasteiger partial charge in [0.05, 0.1) is 26.9 Å². The predicted molar refractivity (Wildman–Crippen MR) is 112 cm³/mol. The van der Waals surface area contributed by atoms with Gasteiger partial charge in [-0.3, -0.25) is 4.79 Å². The zero-order valence-electron chi connectivity index (χ0n) is 14.9. The Bertz CT molecular complexity index is 1070. The van der Waals surface area contributed by atoms with Crippen molar-refractivity contribution in [1.29, 1.82) is 0 Å². The molecular formula is C20H18Cl2N4O2. The summed E-state index contributed by atoms with van der Waals surface area (Å²) in [5.41, 5.74) is 8.42. The molecule has 0 amide bonds. The van der Waals surface area contributed by atoms with Crippen molar-refractivity contribution in [2.45, 2.75) is 12.8 Å². The smallest absolute Gasteiger partial charge is 0.308 e. The van der Waals surface area contributed by atoms with E-state index in [1.54, 1.807) is 12.1 Å². The fraction of sp³-hybridized carbons (Fsp3) is 0.250. The molecule has 0 saturated carbocycles. The van der Waals surface area contributed by atoms with Gasteiger partial charge in [0.25, 0.3) is 0 Å². The maximum atomic E-state index is 11.5. The van der Waals surface area contributed by atoms with E-state index in [1.165, 1.54) is 0 Å². The summed E-state index contributed by atoms with van der Waals surface area (Å²) >= 11 is 12.3. The number of carboxylic acids is 1. The minimum Gasteiger partial charge on any atom is -0.481 e. The third kappa shape index (κ3) is 3.45. The number of rotatable bonds is 3. The highest BCUT2D eigenvalue weighted by Gasteiger charge is 2.28. The molecule has 1 aliphatic rings. The van der Waals surface area contributed by atoms with Crippen LogP contribution < -0.4 is 10.6 Å². The molecule has 1 atom stereocenters. The van der Waals surface area contributed by atoms with Crippen LogP contribution in [0.2, 0.25) is 10.0 Å². The molecule has 2 aromatic carbocycles. The van der Waals surface area contributed by atoms with E-state index in [2.05, 4.69) is 9.97 Å². The summed E-state index contributed by atoms with van der Waals surface area (Å²) in [6.45, 7) is 1.10. The Morgan fingerprint density at radius 2 is 2.00 bits per heavy atom. The van der Waals surface area contributed by atoms with Crippen molar-refractivity contribution in [3.8, 4) is 11.1 Å². The highest BCUT2D eigenvalue weighted by atomic mass is 35.5. The molecule has 3 aromatic rings. The zero-order chi connectivity index (χ0) is 19.8. The van der Waals surface area contributed by atoms with Crippen LogP contribution in [0.4, 0.5) is 11.8 Å². The Kier molecular flexibility index (Phi) is 5.00. The largest absolute Gasteiger partial charge is 0.481 e. The first kappa shape index (κ1) is 18.8. The number of halogens is 2. The number of hydrogen-bond donors (Lipinski definition) is 2. The fourth-order valence-electron chi connectivity index (χ4n) is 3.69. The molecule has 6 nitrogen and oxygen atoms in total. The van der Waals surface area contributed by atoms with Gasteiger partial charge in [-0.05, 0) is 42.2 Å². The fourth-order valence-corrected chi connectivity index (χ4v) is 3.98. The number of anilines is 2. The molecule has 144 valence electrons. The average Bonchev–Trinajstić information content (AvgIpc) is 2.69. The summed E-state index contributed by atoms with van der Waals surface area (Å²) in [4.78, 5) is 22.4. The van der Waals surface area contributed by atoms with Gasteiger partial charge in [0.15, 0.2) is 0 Å². The number of fused-ring (bicyclic) bond motifs is 1. The maximum Gasteiger partial charge on any atom is 0.308 e. The Hall–Kier alpha value is -2.57. The second-order valence-electron chi connectivity index (χ2n) is 6.86. The first-order chi connectivity index (χ1) is 13.4. The number of nitrogens with two attached hydrogens (primary N) is 1. The lowest BCUT2D eigenvalue weighted by Gasteiger charge is -2.32. The molecule has 0 aliphatic carbocycles. The van der Waals surface area contributed by atoms with Crippen molar-refractivity contribution in [1.82, 2.24) is 9.97 Å². The molecule has 8 heteroatoms.